The fourth-order valence-electron chi connectivity index (χ4n) is 4.85. The first-order chi connectivity index (χ1) is 15.8. The Bertz CT molecular complexity index is 1020. The zero-order chi connectivity index (χ0) is 23.5. The molecule has 0 aromatic heterocycles. The molecule has 0 radical (unpaired) electrons. The minimum absolute atomic E-state index is 0.0807. The molecule has 0 bridgehead atoms. The molecule has 0 saturated carbocycles. The Hall–Kier alpha value is -2.84. The highest BCUT2D eigenvalue weighted by atomic mass is 19.3. The second kappa shape index (κ2) is 9.97. The lowest BCUT2D eigenvalue weighted by atomic mass is 9.84. The Morgan fingerprint density at radius 2 is 2.18 bits per heavy atom. The number of carboxylic acid groups (broad SMARTS) is 1. The number of rotatable bonds is 7. The first-order valence-corrected chi connectivity index (χ1v) is 11.2. The van der Waals surface area contributed by atoms with Gasteiger partial charge in [0.05, 0.1) is 12.0 Å². The van der Waals surface area contributed by atoms with Gasteiger partial charge in [-0.05, 0) is 47.7 Å². The highest BCUT2D eigenvalue weighted by Gasteiger charge is 2.30. The van der Waals surface area contributed by atoms with E-state index in [0.717, 1.165) is 24.1 Å². The number of aliphatic imine (C=N–C) groups is 1. The summed E-state index contributed by atoms with van der Waals surface area (Å²) in [5.74, 6) is -1.11. The summed E-state index contributed by atoms with van der Waals surface area (Å²) in [6.07, 6.45) is 9.67. The van der Waals surface area contributed by atoms with Crippen LogP contribution in [-0.2, 0) is 16.0 Å². The van der Waals surface area contributed by atoms with Gasteiger partial charge >= 0.3 is 12.6 Å². The average molecular weight is 458 g/mol. The molecule has 1 aliphatic carbocycles. The van der Waals surface area contributed by atoms with Crippen molar-refractivity contribution in [2.75, 3.05) is 20.1 Å². The van der Waals surface area contributed by atoms with E-state index in [1.807, 2.05) is 13.0 Å². The summed E-state index contributed by atoms with van der Waals surface area (Å²) in [4.78, 5) is 17.9. The number of carboxylic acids is 1. The molecule has 33 heavy (non-hydrogen) atoms. The molecule has 4 rings (SSSR count). The standard InChI is InChI=1S/C25H29F2N3O3/c1-15-11-18(33-25(26)27)4-6-19(15)16-3-5-20-17(12-16)8-10-30(2)23(20)14-29-22-13-28-9-7-21(22)24(31)32/h3-7,9,12-13,15,21-23,25,29H,8,10-11,14H2,1-2H3,(H,31,32)/t15?,21?,22?,23-/m1/s1. The van der Waals surface area contributed by atoms with E-state index in [4.69, 9.17) is 0 Å². The Labute approximate surface area is 192 Å². The maximum atomic E-state index is 12.5. The molecule has 1 aromatic carbocycles. The molecule has 3 aliphatic rings. The molecule has 4 atom stereocenters. The highest BCUT2D eigenvalue weighted by Crippen LogP contribution is 2.36. The molecule has 0 saturated heterocycles. The Morgan fingerprint density at radius 3 is 2.91 bits per heavy atom. The fraction of sp³-hybridized carbons (Fsp3) is 0.440. The van der Waals surface area contributed by atoms with Crippen LogP contribution >= 0.6 is 0 Å². The van der Waals surface area contributed by atoms with Crippen LogP contribution in [-0.4, -0.2) is 55.0 Å². The van der Waals surface area contributed by atoms with Crippen molar-refractivity contribution in [2.45, 2.75) is 38.5 Å². The van der Waals surface area contributed by atoms with Gasteiger partial charge in [-0.25, -0.2) is 0 Å². The van der Waals surface area contributed by atoms with Crippen LogP contribution in [0.1, 0.15) is 36.1 Å². The number of ether oxygens (including phenoxy) is 1. The lowest BCUT2D eigenvalue weighted by Gasteiger charge is -2.36. The van der Waals surface area contributed by atoms with E-state index in [1.54, 1.807) is 18.4 Å². The maximum absolute atomic E-state index is 12.5. The molecule has 2 aliphatic heterocycles. The van der Waals surface area contributed by atoms with E-state index in [-0.39, 0.29) is 18.0 Å². The van der Waals surface area contributed by atoms with Crippen LogP contribution in [0.4, 0.5) is 8.78 Å². The van der Waals surface area contributed by atoms with Crippen molar-refractivity contribution >= 4 is 17.8 Å². The molecular formula is C25H29F2N3O3. The van der Waals surface area contributed by atoms with Gasteiger partial charge < -0.3 is 15.2 Å². The third-order valence-corrected chi connectivity index (χ3v) is 6.67. The number of hydrogen-bond acceptors (Lipinski definition) is 5. The molecule has 176 valence electrons. The van der Waals surface area contributed by atoms with Crippen molar-refractivity contribution < 1.29 is 23.4 Å². The first-order valence-electron chi connectivity index (χ1n) is 11.2. The molecule has 2 N–H and O–H groups in total. The van der Waals surface area contributed by atoms with Gasteiger partial charge in [0.15, 0.2) is 0 Å². The minimum atomic E-state index is -2.80. The summed E-state index contributed by atoms with van der Waals surface area (Å²) in [5.41, 5.74) is 4.69. The van der Waals surface area contributed by atoms with Crippen LogP contribution < -0.4 is 5.32 Å². The summed E-state index contributed by atoms with van der Waals surface area (Å²) in [5, 5.41) is 12.9. The summed E-state index contributed by atoms with van der Waals surface area (Å²) in [6.45, 7) is 0.719. The van der Waals surface area contributed by atoms with E-state index in [9.17, 15) is 18.7 Å². The Morgan fingerprint density at radius 1 is 1.36 bits per heavy atom. The van der Waals surface area contributed by atoms with Crippen molar-refractivity contribution in [3.63, 3.8) is 0 Å². The molecular weight excluding hydrogens is 428 g/mol. The van der Waals surface area contributed by atoms with Gasteiger partial charge in [0.2, 0.25) is 0 Å². The van der Waals surface area contributed by atoms with Gasteiger partial charge in [0.25, 0.3) is 0 Å². The number of nitrogens with zero attached hydrogens (tertiary/aromatic N) is 2. The van der Waals surface area contributed by atoms with Crippen LogP contribution in [0, 0.1) is 11.8 Å². The lowest BCUT2D eigenvalue weighted by molar-refractivity contribution is -0.140. The number of nitrogens with one attached hydrogen (secondary N) is 1. The summed E-state index contributed by atoms with van der Waals surface area (Å²) in [6, 6.07) is 6.19. The smallest absolute Gasteiger partial charge is 0.387 e. The zero-order valence-corrected chi connectivity index (χ0v) is 18.7. The third-order valence-electron chi connectivity index (χ3n) is 6.67. The molecule has 0 amide bonds. The molecule has 8 heteroatoms. The lowest BCUT2D eigenvalue weighted by Crippen LogP contribution is -2.46. The van der Waals surface area contributed by atoms with Gasteiger partial charge in [-0.15, -0.1) is 0 Å². The number of allylic oxidation sites excluding steroid dienone is 4. The van der Waals surface area contributed by atoms with Gasteiger partial charge in [-0.3, -0.25) is 14.7 Å². The molecule has 0 spiro atoms. The van der Waals surface area contributed by atoms with Crippen molar-refractivity contribution in [2.24, 2.45) is 16.8 Å². The first kappa shape index (κ1) is 23.3. The van der Waals surface area contributed by atoms with Crippen LogP contribution in [0.15, 0.2) is 53.4 Å². The SMILES string of the molecule is CC1CC(OC(F)F)=CC=C1c1ccc2c(c1)CCN(C)[C@@H]2CNC1C=NC=CC1C(=O)O. The fourth-order valence-corrected chi connectivity index (χ4v) is 4.85. The van der Waals surface area contributed by atoms with E-state index in [0.29, 0.717) is 18.7 Å². The quantitative estimate of drug-likeness (QED) is 0.647. The van der Waals surface area contributed by atoms with Crippen molar-refractivity contribution in [1.82, 2.24) is 10.2 Å². The normalized spacial score (nSPS) is 27.2. The summed E-state index contributed by atoms with van der Waals surface area (Å²) in [7, 11) is 2.08. The molecule has 1 aromatic rings. The van der Waals surface area contributed by atoms with Crippen molar-refractivity contribution in [3.8, 4) is 0 Å². The Kier molecular flexibility index (Phi) is 7.05. The number of alkyl halides is 2. The van der Waals surface area contributed by atoms with Gasteiger partial charge in [0.1, 0.15) is 5.76 Å². The maximum Gasteiger partial charge on any atom is 0.387 e. The van der Waals surface area contributed by atoms with E-state index in [1.165, 1.54) is 17.3 Å². The van der Waals surface area contributed by atoms with Gasteiger partial charge in [-0.2, -0.15) is 8.78 Å². The number of fused-ring (bicyclic) bond motifs is 1. The predicted octanol–water partition coefficient (Wildman–Crippen LogP) is 4.02. The van der Waals surface area contributed by atoms with Crippen LogP contribution in [0.5, 0.6) is 0 Å². The monoisotopic (exact) mass is 457 g/mol. The number of hydrogen-bond donors (Lipinski definition) is 2. The largest absolute Gasteiger partial charge is 0.481 e. The average Bonchev–Trinajstić information content (AvgIpc) is 2.78. The van der Waals surface area contributed by atoms with E-state index >= 15 is 0 Å². The molecule has 6 nitrogen and oxygen atoms in total. The van der Waals surface area contributed by atoms with Crippen molar-refractivity contribution in [3.05, 3.63) is 65.1 Å². The molecule has 2 heterocycles. The van der Waals surface area contributed by atoms with Gasteiger partial charge in [0, 0.05) is 38.0 Å². The van der Waals surface area contributed by atoms with Crippen LogP contribution in [0.2, 0.25) is 0 Å². The second-order valence-corrected chi connectivity index (χ2v) is 8.84. The molecule has 0 fully saturated rings. The van der Waals surface area contributed by atoms with Crippen LogP contribution in [0.3, 0.4) is 0 Å². The minimum Gasteiger partial charge on any atom is -0.481 e. The van der Waals surface area contributed by atoms with Crippen molar-refractivity contribution in [1.29, 1.82) is 0 Å². The number of benzene rings is 1. The number of halogens is 2. The van der Waals surface area contributed by atoms with E-state index < -0.39 is 18.5 Å². The number of carbonyl (C=O) groups is 1. The number of aliphatic carboxylic acids is 1. The van der Waals surface area contributed by atoms with E-state index in [2.05, 4.69) is 45.2 Å². The topological polar surface area (TPSA) is 74.2 Å². The third kappa shape index (κ3) is 5.23. The summed E-state index contributed by atoms with van der Waals surface area (Å²) >= 11 is 0. The summed E-state index contributed by atoms with van der Waals surface area (Å²) < 4.78 is 29.6. The molecule has 3 unspecified atom stereocenters. The highest BCUT2D eigenvalue weighted by molar-refractivity contribution is 5.81. The van der Waals surface area contributed by atoms with Gasteiger partial charge in [-0.1, -0.05) is 37.3 Å². The predicted molar refractivity (Wildman–Crippen MR) is 123 cm³/mol. The zero-order valence-electron chi connectivity index (χ0n) is 18.7. The Balaban J connectivity index is 1.51. The number of likely N-dealkylation sites (N-methyl/N-ethyl adjacent to an activating group) is 1. The second-order valence-electron chi connectivity index (χ2n) is 8.84. The van der Waals surface area contributed by atoms with Crippen LogP contribution in [0.25, 0.3) is 5.57 Å².